The Morgan fingerprint density at radius 3 is 2.47 bits per heavy atom. The predicted octanol–water partition coefficient (Wildman–Crippen LogP) is 3.32. The molecule has 0 aliphatic carbocycles. The van der Waals surface area contributed by atoms with Crippen LogP contribution in [0.2, 0.25) is 5.02 Å². The number of halogens is 4. The average molecular weight is 296 g/mol. The van der Waals surface area contributed by atoms with E-state index in [0.29, 0.717) is 0 Å². The molecule has 0 atom stereocenters. The summed E-state index contributed by atoms with van der Waals surface area (Å²) in [5.41, 5.74) is -0.163. The molecule has 0 fully saturated rings. The number of nitrogens with one attached hydrogen (secondary N) is 1. The lowest BCUT2D eigenvalue weighted by Gasteiger charge is -2.09. The molecule has 1 amide bonds. The Labute approximate surface area is 111 Å². The van der Waals surface area contributed by atoms with Crippen molar-refractivity contribution >= 4 is 29.2 Å². The molecule has 0 aliphatic heterocycles. The van der Waals surface area contributed by atoms with Crippen molar-refractivity contribution in [3.63, 3.8) is 0 Å². The number of anilines is 1. The Morgan fingerprint density at radius 2 is 1.95 bits per heavy atom. The molecule has 1 aromatic rings. The number of carboxylic acid groups (broad SMARTS) is 1. The molecule has 0 spiro atoms. The summed E-state index contributed by atoms with van der Waals surface area (Å²) in [5, 5.41) is 10.9. The Bertz CT molecular complexity index is 502. The third-order valence-corrected chi connectivity index (χ3v) is 2.45. The summed E-state index contributed by atoms with van der Waals surface area (Å²) in [6.07, 6.45) is -6.43. The van der Waals surface area contributed by atoms with Crippen LogP contribution in [0.3, 0.4) is 0 Å². The molecule has 0 heterocycles. The molecule has 8 heteroatoms. The molecular weight excluding hydrogens is 287 g/mol. The maximum atomic E-state index is 11.9. The van der Waals surface area contributed by atoms with Crippen LogP contribution < -0.4 is 5.32 Å². The topological polar surface area (TPSA) is 66.4 Å². The number of aromatic carboxylic acids is 1. The van der Waals surface area contributed by atoms with E-state index in [9.17, 15) is 22.8 Å². The van der Waals surface area contributed by atoms with Gasteiger partial charge in [-0.05, 0) is 18.2 Å². The highest BCUT2D eigenvalue weighted by Gasteiger charge is 2.28. The second-order valence-corrected chi connectivity index (χ2v) is 4.07. The Balaban J connectivity index is 2.73. The minimum Gasteiger partial charge on any atom is -0.478 e. The van der Waals surface area contributed by atoms with Gasteiger partial charge in [0.25, 0.3) is 0 Å². The van der Waals surface area contributed by atoms with Crippen molar-refractivity contribution in [2.24, 2.45) is 0 Å². The zero-order chi connectivity index (χ0) is 14.6. The van der Waals surface area contributed by atoms with Crippen molar-refractivity contribution in [1.29, 1.82) is 0 Å². The van der Waals surface area contributed by atoms with E-state index >= 15 is 0 Å². The smallest absolute Gasteiger partial charge is 0.389 e. The van der Waals surface area contributed by atoms with E-state index in [0.717, 1.165) is 6.07 Å². The molecule has 0 saturated heterocycles. The molecule has 0 bridgehead atoms. The van der Waals surface area contributed by atoms with Gasteiger partial charge in [0.2, 0.25) is 5.91 Å². The number of benzene rings is 1. The van der Waals surface area contributed by atoms with Crippen molar-refractivity contribution in [1.82, 2.24) is 0 Å². The van der Waals surface area contributed by atoms with Gasteiger partial charge in [-0.15, -0.1) is 0 Å². The third kappa shape index (κ3) is 5.17. The van der Waals surface area contributed by atoms with E-state index in [1.165, 1.54) is 12.1 Å². The molecule has 2 N–H and O–H groups in total. The molecule has 1 rings (SSSR count). The fourth-order valence-corrected chi connectivity index (χ4v) is 1.39. The first-order valence-electron chi connectivity index (χ1n) is 5.08. The highest BCUT2D eigenvalue weighted by atomic mass is 35.5. The lowest BCUT2D eigenvalue weighted by atomic mass is 10.2. The maximum absolute atomic E-state index is 11.9. The summed E-state index contributed by atoms with van der Waals surface area (Å²) in [4.78, 5) is 22.0. The second kappa shape index (κ2) is 5.92. The van der Waals surface area contributed by atoms with Crippen molar-refractivity contribution < 1.29 is 27.9 Å². The predicted molar refractivity (Wildman–Crippen MR) is 62.3 cm³/mol. The fourth-order valence-electron chi connectivity index (χ4n) is 1.22. The van der Waals surface area contributed by atoms with E-state index in [4.69, 9.17) is 16.7 Å². The van der Waals surface area contributed by atoms with E-state index in [1.54, 1.807) is 0 Å². The molecule has 0 radical (unpaired) electrons. The average Bonchev–Trinajstić information content (AvgIpc) is 2.28. The first kappa shape index (κ1) is 15.3. The normalized spacial score (nSPS) is 11.2. The van der Waals surface area contributed by atoms with Crippen LogP contribution in [0.5, 0.6) is 0 Å². The van der Waals surface area contributed by atoms with Crippen LogP contribution in [0.4, 0.5) is 18.9 Å². The molecule has 0 aliphatic rings. The molecule has 1 aromatic carbocycles. The van der Waals surface area contributed by atoms with Gasteiger partial charge in [0.1, 0.15) is 0 Å². The Hall–Kier alpha value is -1.76. The second-order valence-electron chi connectivity index (χ2n) is 3.66. The van der Waals surface area contributed by atoms with Gasteiger partial charge in [-0.25, -0.2) is 4.79 Å². The molecule has 0 unspecified atom stereocenters. The third-order valence-electron chi connectivity index (χ3n) is 2.12. The summed E-state index contributed by atoms with van der Waals surface area (Å²) in [5.74, 6) is -2.12. The number of rotatable bonds is 4. The highest BCUT2D eigenvalue weighted by molar-refractivity contribution is 6.33. The van der Waals surface area contributed by atoms with Gasteiger partial charge in [-0.3, -0.25) is 4.79 Å². The highest BCUT2D eigenvalue weighted by Crippen LogP contribution is 2.25. The summed E-state index contributed by atoms with van der Waals surface area (Å²) in [7, 11) is 0. The Kier molecular flexibility index (Phi) is 4.77. The van der Waals surface area contributed by atoms with E-state index in [-0.39, 0.29) is 16.3 Å². The van der Waals surface area contributed by atoms with Crippen LogP contribution in [0.1, 0.15) is 23.2 Å². The summed E-state index contributed by atoms with van der Waals surface area (Å²) >= 11 is 5.71. The summed E-state index contributed by atoms with van der Waals surface area (Å²) in [6, 6.07) is 3.54. The van der Waals surface area contributed by atoms with Crippen LogP contribution >= 0.6 is 11.6 Å². The summed E-state index contributed by atoms with van der Waals surface area (Å²) < 4.78 is 35.8. The molecule has 19 heavy (non-hydrogen) atoms. The van der Waals surface area contributed by atoms with Gasteiger partial charge < -0.3 is 10.4 Å². The quantitative estimate of drug-likeness (QED) is 0.895. The molecule has 0 aromatic heterocycles. The van der Waals surface area contributed by atoms with Crippen LogP contribution in [-0.2, 0) is 4.79 Å². The van der Waals surface area contributed by atoms with E-state index in [2.05, 4.69) is 5.32 Å². The fraction of sp³-hybridized carbons (Fsp3) is 0.273. The van der Waals surface area contributed by atoms with E-state index < -0.39 is 30.9 Å². The monoisotopic (exact) mass is 295 g/mol. The zero-order valence-corrected chi connectivity index (χ0v) is 10.2. The molecule has 0 saturated carbocycles. The van der Waals surface area contributed by atoms with Crippen LogP contribution in [-0.4, -0.2) is 23.2 Å². The standard InChI is InChI=1S/C11H9ClF3NO3/c12-7-2-1-6(10(18)19)5-8(7)16-9(17)3-4-11(13,14)15/h1-2,5H,3-4H2,(H,16,17)(H,18,19). The largest absolute Gasteiger partial charge is 0.478 e. The SMILES string of the molecule is O=C(CCC(F)(F)F)Nc1cc(C(=O)O)ccc1Cl. The molecule has 104 valence electrons. The number of hydrogen-bond donors (Lipinski definition) is 2. The van der Waals surface area contributed by atoms with Crippen molar-refractivity contribution in [2.75, 3.05) is 5.32 Å². The minimum atomic E-state index is -4.43. The van der Waals surface area contributed by atoms with Gasteiger partial charge in [0.05, 0.1) is 22.7 Å². The lowest BCUT2D eigenvalue weighted by Crippen LogP contribution is -2.17. The van der Waals surface area contributed by atoms with Gasteiger partial charge in [-0.1, -0.05) is 11.6 Å². The first-order chi connectivity index (χ1) is 8.69. The maximum Gasteiger partial charge on any atom is 0.389 e. The van der Waals surface area contributed by atoms with Crippen molar-refractivity contribution in [3.8, 4) is 0 Å². The van der Waals surface area contributed by atoms with Gasteiger partial charge in [-0.2, -0.15) is 13.2 Å². The van der Waals surface area contributed by atoms with E-state index in [1.807, 2.05) is 0 Å². The van der Waals surface area contributed by atoms with Crippen molar-refractivity contribution in [2.45, 2.75) is 19.0 Å². The summed E-state index contributed by atoms with van der Waals surface area (Å²) in [6.45, 7) is 0. The van der Waals surface area contributed by atoms with Crippen LogP contribution in [0.25, 0.3) is 0 Å². The van der Waals surface area contributed by atoms with Crippen molar-refractivity contribution in [3.05, 3.63) is 28.8 Å². The number of hydrogen-bond acceptors (Lipinski definition) is 2. The number of carbonyl (C=O) groups is 2. The number of amides is 1. The van der Waals surface area contributed by atoms with Gasteiger partial charge in [0.15, 0.2) is 0 Å². The lowest BCUT2D eigenvalue weighted by molar-refractivity contribution is -0.142. The zero-order valence-electron chi connectivity index (χ0n) is 9.42. The van der Waals surface area contributed by atoms with Crippen LogP contribution in [0.15, 0.2) is 18.2 Å². The number of carbonyl (C=O) groups excluding carboxylic acids is 1. The van der Waals surface area contributed by atoms with Gasteiger partial charge in [0, 0.05) is 6.42 Å². The number of carboxylic acids is 1. The number of alkyl halides is 3. The minimum absolute atomic E-state index is 0.0336. The van der Waals surface area contributed by atoms with Crippen LogP contribution in [0, 0.1) is 0 Å². The van der Waals surface area contributed by atoms with Gasteiger partial charge >= 0.3 is 12.1 Å². The molecule has 4 nitrogen and oxygen atoms in total. The molecular formula is C11H9ClF3NO3. The first-order valence-corrected chi connectivity index (χ1v) is 5.46. The Morgan fingerprint density at radius 1 is 1.32 bits per heavy atom.